The number of hydrogen-bond acceptors (Lipinski definition) is 3. The van der Waals surface area contributed by atoms with Gasteiger partial charge in [0.2, 0.25) is 0 Å². The highest BCUT2D eigenvalue weighted by atomic mass is 79.9. The first-order chi connectivity index (χ1) is 9.15. The molecule has 0 aliphatic heterocycles. The number of rotatable bonds is 4. The molecule has 0 saturated carbocycles. The zero-order valence-corrected chi connectivity index (χ0v) is 12.2. The SMILES string of the molecule is COc1cccc(C(=O)c2ccc(OC)c(Br)c2)c1. The molecule has 0 unspecified atom stereocenters. The molecular formula is C15H13BrO3. The van der Waals surface area contributed by atoms with E-state index in [1.54, 1.807) is 56.7 Å². The number of halogens is 1. The highest BCUT2D eigenvalue weighted by molar-refractivity contribution is 9.10. The van der Waals surface area contributed by atoms with E-state index in [2.05, 4.69) is 15.9 Å². The van der Waals surface area contributed by atoms with Gasteiger partial charge in [-0.2, -0.15) is 0 Å². The number of carbonyl (C=O) groups is 1. The van der Waals surface area contributed by atoms with Crippen LogP contribution < -0.4 is 9.47 Å². The number of benzene rings is 2. The van der Waals surface area contributed by atoms with Crippen LogP contribution in [0.2, 0.25) is 0 Å². The molecule has 98 valence electrons. The van der Waals surface area contributed by atoms with Crippen LogP contribution in [0.1, 0.15) is 15.9 Å². The van der Waals surface area contributed by atoms with Crippen LogP contribution >= 0.6 is 15.9 Å². The van der Waals surface area contributed by atoms with Crippen molar-refractivity contribution in [3.63, 3.8) is 0 Å². The number of methoxy groups -OCH3 is 2. The van der Waals surface area contributed by atoms with E-state index in [0.717, 1.165) is 4.47 Å². The Labute approximate surface area is 120 Å². The summed E-state index contributed by atoms with van der Waals surface area (Å²) in [4.78, 5) is 12.3. The Bertz CT molecular complexity index is 608. The van der Waals surface area contributed by atoms with Crippen molar-refractivity contribution in [2.45, 2.75) is 0 Å². The summed E-state index contributed by atoms with van der Waals surface area (Å²) >= 11 is 3.37. The molecule has 0 aromatic heterocycles. The van der Waals surface area contributed by atoms with Gasteiger partial charge in [0.25, 0.3) is 0 Å². The largest absolute Gasteiger partial charge is 0.497 e. The van der Waals surface area contributed by atoms with Crippen molar-refractivity contribution in [1.82, 2.24) is 0 Å². The Kier molecular flexibility index (Phi) is 4.22. The molecule has 0 N–H and O–H groups in total. The fourth-order valence-corrected chi connectivity index (χ4v) is 2.28. The molecule has 0 bridgehead atoms. The highest BCUT2D eigenvalue weighted by Gasteiger charge is 2.12. The zero-order valence-electron chi connectivity index (χ0n) is 10.6. The molecule has 0 saturated heterocycles. The molecule has 3 nitrogen and oxygen atoms in total. The lowest BCUT2D eigenvalue weighted by Gasteiger charge is -2.07. The second kappa shape index (κ2) is 5.89. The summed E-state index contributed by atoms with van der Waals surface area (Å²) < 4.78 is 11.0. The predicted molar refractivity (Wildman–Crippen MR) is 77.1 cm³/mol. The second-order valence-corrected chi connectivity index (χ2v) is 4.76. The smallest absolute Gasteiger partial charge is 0.193 e. The molecule has 2 aromatic carbocycles. The fourth-order valence-electron chi connectivity index (χ4n) is 1.74. The van der Waals surface area contributed by atoms with Gasteiger partial charge in [0.05, 0.1) is 18.7 Å². The molecule has 0 aliphatic carbocycles. The predicted octanol–water partition coefficient (Wildman–Crippen LogP) is 3.70. The fraction of sp³-hybridized carbons (Fsp3) is 0.133. The minimum absolute atomic E-state index is 0.0535. The summed E-state index contributed by atoms with van der Waals surface area (Å²) in [7, 11) is 3.16. The third-order valence-electron chi connectivity index (χ3n) is 2.75. The van der Waals surface area contributed by atoms with Gasteiger partial charge in [-0.1, -0.05) is 12.1 Å². The van der Waals surface area contributed by atoms with E-state index >= 15 is 0 Å². The van der Waals surface area contributed by atoms with E-state index in [-0.39, 0.29) is 5.78 Å². The maximum atomic E-state index is 12.3. The van der Waals surface area contributed by atoms with Crippen molar-refractivity contribution in [2.75, 3.05) is 14.2 Å². The van der Waals surface area contributed by atoms with Gasteiger partial charge in [-0.15, -0.1) is 0 Å². The normalized spacial score (nSPS) is 10.1. The van der Waals surface area contributed by atoms with E-state index in [4.69, 9.17) is 9.47 Å². The summed E-state index contributed by atoms with van der Waals surface area (Å²) in [5.41, 5.74) is 1.19. The number of hydrogen-bond donors (Lipinski definition) is 0. The highest BCUT2D eigenvalue weighted by Crippen LogP contribution is 2.27. The van der Waals surface area contributed by atoms with Crippen molar-refractivity contribution in [3.05, 3.63) is 58.1 Å². The van der Waals surface area contributed by atoms with E-state index < -0.39 is 0 Å². The lowest BCUT2D eigenvalue weighted by Crippen LogP contribution is -2.02. The Morgan fingerprint density at radius 1 is 1.00 bits per heavy atom. The quantitative estimate of drug-likeness (QED) is 0.806. The molecule has 0 atom stereocenters. The monoisotopic (exact) mass is 320 g/mol. The number of ether oxygens (including phenoxy) is 2. The van der Waals surface area contributed by atoms with Gasteiger partial charge in [-0.25, -0.2) is 0 Å². The minimum atomic E-state index is -0.0535. The molecular weight excluding hydrogens is 308 g/mol. The Balaban J connectivity index is 2.35. The molecule has 0 amide bonds. The summed E-state index contributed by atoms with van der Waals surface area (Å²) in [5.74, 6) is 1.31. The van der Waals surface area contributed by atoms with Crippen molar-refractivity contribution in [2.24, 2.45) is 0 Å². The van der Waals surface area contributed by atoms with E-state index in [1.165, 1.54) is 0 Å². The van der Waals surface area contributed by atoms with Crippen molar-refractivity contribution in [1.29, 1.82) is 0 Å². The lowest BCUT2D eigenvalue weighted by atomic mass is 10.0. The van der Waals surface area contributed by atoms with Gasteiger partial charge in [-0.3, -0.25) is 4.79 Å². The van der Waals surface area contributed by atoms with Gasteiger partial charge in [0, 0.05) is 11.1 Å². The van der Waals surface area contributed by atoms with Gasteiger partial charge in [0.1, 0.15) is 11.5 Å². The van der Waals surface area contributed by atoms with Crippen LogP contribution in [0.3, 0.4) is 0 Å². The summed E-state index contributed by atoms with van der Waals surface area (Å²) in [5, 5.41) is 0. The van der Waals surface area contributed by atoms with E-state index in [0.29, 0.717) is 22.6 Å². The van der Waals surface area contributed by atoms with Crippen molar-refractivity contribution in [3.8, 4) is 11.5 Å². The van der Waals surface area contributed by atoms with E-state index in [9.17, 15) is 4.79 Å². The standard InChI is InChI=1S/C15H13BrO3/c1-18-12-5-3-4-10(8-12)15(17)11-6-7-14(19-2)13(16)9-11/h3-9H,1-2H3. The molecule has 4 heteroatoms. The Morgan fingerprint density at radius 2 is 1.74 bits per heavy atom. The molecule has 19 heavy (non-hydrogen) atoms. The lowest BCUT2D eigenvalue weighted by molar-refractivity contribution is 0.103. The maximum absolute atomic E-state index is 12.3. The molecule has 0 fully saturated rings. The third kappa shape index (κ3) is 2.96. The van der Waals surface area contributed by atoms with Gasteiger partial charge in [-0.05, 0) is 46.3 Å². The minimum Gasteiger partial charge on any atom is -0.497 e. The average Bonchev–Trinajstić information content (AvgIpc) is 2.46. The second-order valence-electron chi connectivity index (χ2n) is 3.91. The maximum Gasteiger partial charge on any atom is 0.193 e. The molecule has 0 spiro atoms. The van der Waals surface area contributed by atoms with Gasteiger partial charge < -0.3 is 9.47 Å². The number of carbonyl (C=O) groups excluding carboxylic acids is 1. The van der Waals surface area contributed by atoms with Crippen LogP contribution in [-0.4, -0.2) is 20.0 Å². The zero-order chi connectivity index (χ0) is 13.8. The van der Waals surface area contributed by atoms with Crippen LogP contribution in [0.15, 0.2) is 46.9 Å². The van der Waals surface area contributed by atoms with Gasteiger partial charge in [0.15, 0.2) is 5.78 Å². The third-order valence-corrected chi connectivity index (χ3v) is 3.37. The van der Waals surface area contributed by atoms with Crippen LogP contribution in [0, 0.1) is 0 Å². The average molecular weight is 321 g/mol. The topological polar surface area (TPSA) is 35.5 Å². The number of ketones is 1. The Morgan fingerprint density at radius 3 is 2.37 bits per heavy atom. The van der Waals surface area contributed by atoms with Crippen LogP contribution in [0.25, 0.3) is 0 Å². The van der Waals surface area contributed by atoms with Gasteiger partial charge >= 0.3 is 0 Å². The first-order valence-corrected chi connectivity index (χ1v) is 6.47. The van der Waals surface area contributed by atoms with Crippen molar-refractivity contribution < 1.29 is 14.3 Å². The molecule has 0 aliphatic rings. The van der Waals surface area contributed by atoms with Crippen molar-refractivity contribution >= 4 is 21.7 Å². The molecule has 0 radical (unpaired) electrons. The van der Waals surface area contributed by atoms with Crippen LogP contribution in [0.5, 0.6) is 11.5 Å². The summed E-state index contributed by atoms with van der Waals surface area (Å²) in [6.45, 7) is 0. The molecule has 2 rings (SSSR count). The summed E-state index contributed by atoms with van der Waals surface area (Å²) in [6.07, 6.45) is 0. The van der Waals surface area contributed by atoms with Crippen LogP contribution in [0.4, 0.5) is 0 Å². The molecule has 2 aromatic rings. The first kappa shape index (κ1) is 13.6. The Hall–Kier alpha value is -1.81. The van der Waals surface area contributed by atoms with E-state index in [1.807, 2.05) is 0 Å². The van der Waals surface area contributed by atoms with Crippen LogP contribution in [-0.2, 0) is 0 Å². The first-order valence-electron chi connectivity index (χ1n) is 5.68. The molecule has 0 heterocycles. The summed E-state index contributed by atoms with van der Waals surface area (Å²) in [6, 6.07) is 12.3.